The van der Waals surface area contributed by atoms with Crippen LogP contribution in [0.4, 0.5) is 12.0 Å². The van der Waals surface area contributed by atoms with Crippen LogP contribution in [-0.2, 0) is 0 Å². The molecule has 1 aliphatic rings. The van der Waals surface area contributed by atoms with E-state index in [0.717, 1.165) is 13.1 Å². The summed E-state index contributed by atoms with van der Waals surface area (Å²) in [5, 5.41) is 7.48. The van der Waals surface area contributed by atoms with E-state index in [1.54, 1.807) is 0 Å². The molecule has 0 saturated carbocycles. The van der Waals surface area contributed by atoms with Gasteiger partial charge in [-0.2, -0.15) is 0 Å². The van der Waals surface area contributed by atoms with Gasteiger partial charge in [-0.3, -0.25) is 0 Å². The molecular weight excluding hydrogens is 168 g/mol. The molecule has 2 heterocycles. The maximum Gasteiger partial charge on any atom is 0.319 e. The molecule has 72 valence electrons. The first-order valence-corrected chi connectivity index (χ1v) is 4.50. The highest BCUT2D eigenvalue weighted by Gasteiger charge is 2.28. The molecule has 0 spiro atoms. The summed E-state index contributed by atoms with van der Waals surface area (Å²) in [5.74, 6) is 1.35. The van der Waals surface area contributed by atoms with Gasteiger partial charge in [0.1, 0.15) is 0 Å². The maximum absolute atomic E-state index is 5.35. The summed E-state index contributed by atoms with van der Waals surface area (Å²) in [6, 6.07) is 0.691. The van der Waals surface area contributed by atoms with Crippen LogP contribution in [0.3, 0.4) is 0 Å². The van der Waals surface area contributed by atoms with Gasteiger partial charge in [-0.25, -0.2) is 0 Å². The summed E-state index contributed by atoms with van der Waals surface area (Å²) in [7, 11) is 0. The van der Waals surface area contributed by atoms with Crippen molar-refractivity contribution in [2.75, 3.05) is 23.7 Å². The van der Waals surface area contributed by atoms with Crippen LogP contribution in [0.5, 0.6) is 0 Å². The Labute approximate surface area is 76.9 Å². The summed E-state index contributed by atoms with van der Waals surface area (Å²) >= 11 is 0. The monoisotopic (exact) mass is 182 g/mol. The molecule has 2 unspecified atom stereocenters. The van der Waals surface area contributed by atoms with Crippen LogP contribution < -0.4 is 10.6 Å². The molecule has 1 saturated heterocycles. The van der Waals surface area contributed by atoms with E-state index < -0.39 is 0 Å². The Morgan fingerprint density at radius 2 is 1.92 bits per heavy atom. The van der Waals surface area contributed by atoms with Gasteiger partial charge in [0, 0.05) is 13.1 Å². The van der Waals surface area contributed by atoms with Crippen molar-refractivity contribution in [3.63, 3.8) is 0 Å². The van der Waals surface area contributed by atoms with Crippen LogP contribution >= 0.6 is 0 Å². The molecule has 1 aromatic heterocycles. The molecule has 0 amide bonds. The third-order valence-electron chi connectivity index (χ3n) is 2.69. The van der Waals surface area contributed by atoms with Crippen molar-refractivity contribution in [2.45, 2.75) is 13.8 Å². The molecule has 2 atom stereocenters. The number of nitrogens with zero attached hydrogens (tertiary/aromatic N) is 3. The van der Waals surface area contributed by atoms with Crippen LogP contribution in [0.2, 0.25) is 0 Å². The summed E-state index contributed by atoms with van der Waals surface area (Å²) in [4.78, 5) is 2.08. The number of rotatable bonds is 1. The molecular formula is C8H14N4O. The molecule has 5 nitrogen and oxygen atoms in total. The van der Waals surface area contributed by atoms with E-state index in [2.05, 4.69) is 28.9 Å². The van der Waals surface area contributed by atoms with Crippen LogP contribution in [0.15, 0.2) is 4.42 Å². The SMILES string of the molecule is CC1CN(c2nnc(N)o2)CC1C. The Hall–Kier alpha value is -1.26. The number of hydrogen-bond acceptors (Lipinski definition) is 5. The van der Waals surface area contributed by atoms with Gasteiger partial charge in [-0.15, -0.1) is 0 Å². The van der Waals surface area contributed by atoms with Crippen LogP contribution in [0.1, 0.15) is 13.8 Å². The highest BCUT2D eigenvalue weighted by molar-refractivity contribution is 5.29. The number of nitrogens with two attached hydrogens (primary N) is 1. The minimum absolute atomic E-state index is 0.141. The third-order valence-corrected chi connectivity index (χ3v) is 2.69. The summed E-state index contributed by atoms with van der Waals surface area (Å²) < 4.78 is 5.15. The molecule has 0 aliphatic carbocycles. The van der Waals surface area contributed by atoms with Gasteiger partial charge in [-0.1, -0.05) is 24.0 Å². The van der Waals surface area contributed by atoms with Crippen molar-refractivity contribution in [1.82, 2.24) is 10.2 Å². The quantitative estimate of drug-likeness (QED) is 0.694. The maximum atomic E-state index is 5.35. The lowest BCUT2D eigenvalue weighted by Crippen LogP contribution is -2.19. The first kappa shape index (κ1) is 8.34. The minimum Gasteiger partial charge on any atom is -0.390 e. The van der Waals surface area contributed by atoms with Crippen LogP contribution in [0, 0.1) is 11.8 Å². The standard InChI is InChI=1S/C8H14N4O/c1-5-3-12(4-6(5)2)8-11-10-7(9)13-8/h5-6H,3-4H2,1-2H3,(H2,9,10). The third kappa shape index (κ3) is 1.46. The zero-order valence-electron chi connectivity index (χ0n) is 7.90. The fraction of sp³-hybridized carbons (Fsp3) is 0.750. The highest BCUT2D eigenvalue weighted by Crippen LogP contribution is 2.26. The van der Waals surface area contributed by atoms with E-state index in [9.17, 15) is 0 Å². The largest absolute Gasteiger partial charge is 0.390 e. The molecule has 1 fully saturated rings. The summed E-state index contributed by atoms with van der Waals surface area (Å²) in [5.41, 5.74) is 5.35. The average molecular weight is 182 g/mol. The van der Waals surface area contributed by atoms with E-state index >= 15 is 0 Å². The highest BCUT2D eigenvalue weighted by atomic mass is 16.4. The number of nitrogen functional groups attached to an aromatic ring is 1. The second-order valence-electron chi connectivity index (χ2n) is 3.78. The molecule has 0 radical (unpaired) electrons. The lowest BCUT2D eigenvalue weighted by Gasteiger charge is -2.10. The predicted octanol–water partition coefficient (Wildman–Crippen LogP) is 0.744. The van der Waals surface area contributed by atoms with Gasteiger partial charge in [-0.05, 0) is 11.8 Å². The van der Waals surface area contributed by atoms with E-state index in [0.29, 0.717) is 17.9 Å². The van der Waals surface area contributed by atoms with Crippen molar-refractivity contribution in [1.29, 1.82) is 0 Å². The molecule has 13 heavy (non-hydrogen) atoms. The molecule has 0 aromatic carbocycles. The molecule has 1 aromatic rings. The minimum atomic E-state index is 0.141. The van der Waals surface area contributed by atoms with Crippen molar-refractivity contribution < 1.29 is 4.42 Å². The van der Waals surface area contributed by atoms with E-state index in [1.807, 2.05) is 0 Å². The Balaban J connectivity index is 2.11. The summed E-state index contributed by atoms with van der Waals surface area (Å²) in [6.07, 6.45) is 0. The number of anilines is 2. The lowest BCUT2D eigenvalue weighted by atomic mass is 10.0. The molecule has 5 heteroatoms. The zero-order chi connectivity index (χ0) is 9.42. The van der Waals surface area contributed by atoms with Gasteiger partial charge < -0.3 is 15.1 Å². The fourth-order valence-electron chi connectivity index (χ4n) is 1.64. The van der Waals surface area contributed by atoms with Crippen LogP contribution in [0.25, 0.3) is 0 Å². The number of hydrogen-bond donors (Lipinski definition) is 1. The summed E-state index contributed by atoms with van der Waals surface area (Å²) in [6.45, 7) is 6.40. The van der Waals surface area contributed by atoms with Gasteiger partial charge in [0.2, 0.25) is 0 Å². The predicted molar refractivity (Wildman–Crippen MR) is 49.3 cm³/mol. The Morgan fingerprint density at radius 1 is 1.31 bits per heavy atom. The van der Waals surface area contributed by atoms with Gasteiger partial charge >= 0.3 is 12.0 Å². The molecule has 1 aliphatic heterocycles. The Morgan fingerprint density at radius 3 is 2.38 bits per heavy atom. The van der Waals surface area contributed by atoms with Crippen LogP contribution in [-0.4, -0.2) is 23.3 Å². The molecule has 2 N–H and O–H groups in total. The second-order valence-corrected chi connectivity index (χ2v) is 3.78. The normalized spacial score (nSPS) is 28.3. The Bertz CT molecular complexity index is 288. The van der Waals surface area contributed by atoms with E-state index in [4.69, 9.17) is 10.2 Å². The van der Waals surface area contributed by atoms with Crippen molar-refractivity contribution in [2.24, 2.45) is 11.8 Å². The Kier molecular flexibility index (Phi) is 1.86. The molecule has 2 rings (SSSR count). The van der Waals surface area contributed by atoms with Gasteiger partial charge in [0.15, 0.2) is 0 Å². The van der Waals surface area contributed by atoms with E-state index in [-0.39, 0.29) is 6.01 Å². The zero-order valence-corrected chi connectivity index (χ0v) is 7.90. The first-order valence-electron chi connectivity index (χ1n) is 4.50. The first-order chi connectivity index (χ1) is 6.16. The van der Waals surface area contributed by atoms with Crippen molar-refractivity contribution in [3.05, 3.63) is 0 Å². The van der Waals surface area contributed by atoms with Crippen molar-refractivity contribution >= 4 is 12.0 Å². The van der Waals surface area contributed by atoms with E-state index in [1.165, 1.54) is 0 Å². The lowest BCUT2D eigenvalue weighted by molar-refractivity contribution is 0.494. The number of aromatic nitrogens is 2. The smallest absolute Gasteiger partial charge is 0.319 e. The fourth-order valence-corrected chi connectivity index (χ4v) is 1.64. The van der Waals surface area contributed by atoms with Gasteiger partial charge in [0.25, 0.3) is 0 Å². The van der Waals surface area contributed by atoms with Gasteiger partial charge in [0.05, 0.1) is 0 Å². The topological polar surface area (TPSA) is 68.2 Å². The molecule has 0 bridgehead atoms. The average Bonchev–Trinajstić information content (AvgIpc) is 2.61. The second kappa shape index (κ2) is 2.90. The van der Waals surface area contributed by atoms with Crippen molar-refractivity contribution in [3.8, 4) is 0 Å².